The van der Waals surface area contributed by atoms with Crippen LogP contribution in [0.25, 0.3) is 0 Å². The van der Waals surface area contributed by atoms with Gasteiger partial charge in [-0.15, -0.1) is 0 Å². The van der Waals surface area contributed by atoms with Crippen LogP contribution in [-0.2, 0) is 6.18 Å². The monoisotopic (exact) mass is 326 g/mol. The number of carboxylic acids is 1. The van der Waals surface area contributed by atoms with E-state index in [2.05, 4.69) is 6.92 Å². The summed E-state index contributed by atoms with van der Waals surface area (Å²) in [5.41, 5.74) is -0.795. The van der Waals surface area contributed by atoms with E-state index < -0.39 is 17.7 Å². The van der Waals surface area contributed by atoms with Gasteiger partial charge in [0.25, 0.3) is 0 Å². The topological polar surface area (TPSA) is 37.3 Å². The van der Waals surface area contributed by atoms with Crippen molar-refractivity contribution in [2.75, 3.05) is 0 Å². The van der Waals surface area contributed by atoms with Crippen LogP contribution in [0.1, 0.15) is 66.4 Å². The first-order chi connectivity index (χ1) is 10.8. The van der Waals surface area contributed by atoms with Gasteiger partial charge in [-0.1, -0.05) is 25.8 Å². The molecule has 0 heterocycles. The molecule has 3 unspecified atom stereocenters. The summed E-state index contributed by atoms with van der Waals surface area (Å²) in [6.45, 7) is 2.21. The highest BCUT2D eigenvalue weighted by Crippen LogP contribution is 2.52. The lowest BCUT2D eigenvalue weighted by molar-refractivity contribution is -0.138. The molecule has 2 nitrogen and oxygen atoms in total. The molecular formula is C18H21F3O2. The number of alkyl halides is 3. The molecule has 1 N–H and O–H groups in total. The summed E-state index contributed by atoms with van der Waals surface area (Å²) in [5.74, 6) is 0.459. The van der Waals surface area contributed by atoms with E-state index in [1.165, 1.54) is 18.6 Å². The fourth-order valence-electron chi connectivity index (χ4n) is 4.20. The third-order valence-electron chi connectivity index (χ3n) is 5.54. The Kier molecular flexibility index (Phi) is 4.15. The van der Waals surface area contributed by atoms with Gasteiger partial charge in [0.1, 0.15) is 0 Å². The zero-order valence-corrected chi connectivity index (χ0v) is 13.1. The van der Waals surface area contributed by atoms with Crippen molar-refractivity contribution in [3.63, 3.8) is 0 Å². The van der Waals surface area contributed by atoms with Crippen molar-refractivity contribution < 1.29 is 23.1 Å². The van der Waals surface area contributed by atoms with Gasteiger partial charge in [0, 0.05) is 0 Å². The second kappa shape index (κ2) is 5.84. The number of rotatable bonds is 3. The standard InChI is InChI=1S/C18H21F3O2/c1-10-7-15(10)12-4-2-3-11(8-12)14-6-5-13(17(22)23)9-16(14)18(19,20)21/h5-6,9-12,15H,2-4,7-8H2,1H3,(H,22,23)/t10?,11?,12?,15-/m0/s1. The van der Waals surface area contributed by atoms with Crippen molar-refractivity contribution in [3.8, 4) is 0 Å². The first kappa shape index (κ1) is 16.3. The van der Waals surface area contributed by atoms with Crippen LogP contribution in [0.4, 0.5) is 13.2 Å². The fourth-order valence-corrected chi connectivity index (χ4v) is 4.20. The zero-order chi connectivity index (χ0) is 16.8. The molecule has 5 heteroatoms. The second-order valence-electron chi connectivity index (χ2n) is 7.11. The normalized spacial score (nSPS) is 31.0. The van der Waals surface area contributed by atoms with Crippen LogP contribution in [0.5, 0.6) is 0 Å². The minimum atomic E-state index is -4.51. The molecule has 0 amide bonds. The van der Waals surface area contributed by atoms with E-state index in [1.54, 1.807) is 0 Å². The minimum Gasteiger partial charge on any atom is -0.478 e. The predicted octanol–water partition coefficient (Wildman–Crippen LogP) is 5.33. The Morgan fingerprint density at radius 2 is 1.91 bits per heavy atom. The molecule has 4 atom stereocenters. The van der Waals surface area contributed by atoms with E-state index in [0.29, 0.717) is 17.8 Å². The van der Waals surface area contributed by atoms with Crippen molar-refractivity contribution in [1.82, 2.24) is 0 Å². The van der Waals surface area contributed by atoms with Gasteiger partial charge >= 0.3 is 12.1 Å². The van der Waals surface area contributed by atoms with Crippen LogP contribution in [0.2, 0.25) is 0 Å². The number of benzene rings is 1. The van der Waals surface area contributed by atoms with Crippen LogP contribution in [0, 0.1) is 17.8 Å². The van der Waals surface area contributed by atoms with Gasteiger partial charge < -0.3 is 5.11 Å². The fraction of sp³-hybridized carbons (Fsp3) is 0.611. The number of hydrogen-bond donors (Lipinski definition) is 1. The summed E-state index contributed by atoms with van der Waals surface area (Å²) < 4.78 is 40.2. The molecule has 23 heavy (non-hydrogen) atoms. The van der Waals surface area contributed by atoms with Gasteiger partial charge in [0.05, 0.1) is 11.1 Å². The lowest BCUT2D eigenvalue weighted by Gasteiger charge is -2.31. The van der Waals surface area contributed by atoms with E-state index in [0.717, 1.165) is 31.7 Å². The largest absolute Gasteiger partial charge is 0.478 e. The van der Waals surface area contributed by atoms with Gasteiger partial charge in [0.2, 0.25) is 0 Å². The van der Waals surface area contributed by atoms with Gasteiger partial charge in [-0.05, 0) is 60.6 Å². The maximum Gasteiger partial charge on any atom is 0.416 e. The molecule has 0 spiro atoms. The molecule has 0 bridgehead atoms. The first-order valence-corrected chi connectivity index (χ1v) is 8.21. The summed E-state index contributed by atoms with van der Waals surface area (Å²) in [4.78, 5) is 11.0. The molecule has 0 radical (unpaired) electrons. The highest BCUT2D eigenvalue weighted by molar-refractivity contribution is 5.88. The Hall–Kier alpha value is -1.52. The SMILES string of the molecule is CC1C[C@@H]1C1CCCC(c2ccc(C(=O)O)cc2C(F)(F)F)C1. The molecule has 0 aromatic heterocycles. The average molecular weight is 326 g/mol. The lowest BCUT2D eigenvalue weighted by Crippen LogP contribution is -2.20. The van der Waals surface area contributed by atoms with Gasteiger partial charge in [-0.3, -0.25) is 0 Å². The number of carbonyl (C=O) groups is 1. The molecule has 3 rings (SSSR count). The molecule has 126 valence electrons. The molecule has 2 aliphatic carbocycles. The average Bonchev–Trinajstić information content (AvgIpc) is 3.23. The summed E-state index contributed by atoms with van der Waals surface area (Å²) >= 11 is 0. The molecule has 0 saturated heterocycles. The van der Waals surface area contributed by atoms with Gasteiger partial charge in [-0.2, -0.15) is 13.2 Å². The van der Waals surface area contributed by atoms with Crippen LogP contribution in [-0.4, -0.2) is 11.1 Å². The highest BCUT2D eigenvalue weighted by Gasteiger charge is 2.43. The zero-order valence-electron chi connectivity index (χ0n) is 13.1. The molecule has 1 aromatic carbocycles. The molecule has 0 aliphatic heterocycles. The smallest absolute Gasteiger partial charge is 0.416 e. The van der Waals surface area contributed by atoms with E-state index in [4.69, 9.17) is 5.11 Å². The van der Waals surface area contributed by atoms with Crippen molar-refractivity contribution in [2.24, 2.45) is 17.8 Å². The molecule has 2 aliphatic rings. The third-order valence-corrected chi connectivity index (χ3v) is 5.54. The Balaban J connectivity index is 1.90. The van der Waals surface area contributed by atoms with Crippen molar-refractivity contribution in [2.45, 2.75) is 51.1 Å². The molecule has 2 fully saturated rings. The first-order valence-electron chi connectivity index (χ1n) is 8.21. The minimum absolute atomic E-state index is 0.110. The maximum absolute atomic E-state index is 13.4. The molecule has 1 aromatic rings. The van der Waals surface area contributed by atoms with E-state index in [1.807, 2.05) is 0 Å². The summed E-state index contributed by atoms with van der Waals surface area (Å²) in [6.07, 6.45) is 0.302. The number of hydrogen-bond acceptors (Lipinski definition) is 1. The molecular weight excluding hydrogens is 305 g/mol. The van der Waals surface area contributed by atoms with Crippen LogP contribution < -0.4 is 0 Å². The summed E-state index contributed by atoms with van der Waals surface area (Å²) in [7, 11) is 0. The summed E-state index contributed by atoms with van der Waals surface area (Å²) in [5, 5.41) is 8.96. The van der Waals surface area contributed by atoms with Crippen molar-refractivity contribution >= 4 is 5.97 Å². The van der Waals surface area contributed by atoms with Crippen molar-refractivity contribution in [1.29, 1.82) is 0 Å². The van der Waals surface area contributed by atoms with E-state index in [9.17, 15) is 18.0 Å². The maximum atomic E-state index is 13.4. The summed E-state index contributed by atoms with van der Waals surface area (Å²) in [6, 6.07) is 3.48. The lowest BCUT2D eigenvalue weighted by atomic mass is 9.74. The predicted molar refractivity (Wildman–Crippen MR) is 80.4 cm³/mol. The van der Waals surface area contributed by atoms with Gasteiger partial charge in [0.15, 0.2) is 0 Å². The van der Waals surface area contributed by atoms with E-state index in [-0.39, 0.29) is 17.0 Å². The Labute approximate surface area is 133 Å². The third kappa shape index (κ3) is 3.38. The number of carboxylic acid groups (broad SMARTS) is 1. The highest BCUT2D eigenvalue weighted by atomic mass is 19.4. The number of aromatic carboxylic acids is 1. The van der Waals surface area contributed by atoms with Crippen molar-refractivity contribution in [3.05, 3.63) is 34.9 Å². The van der Waals surface area contributed by atoms with Crippen LogP contribution in [0.15, 0.2) is 18.2 Å². The quantitative estimate of drug-likeness (QED) is 0.815. The van der Waals surface area contributed by atoms with E-state index >= 15 is 0 Å². The second-order valence-corrected chi connectivity index (χ2v) is 7.11. The Morgan fingerprint density at radius 3 is 2.48 bits per heavy atom. The molecule has 2 saturated carbocycles. The van der Waals surface area contributed by atoms with Crippen LogP contribution >= 0.6 is 0 Å². The van der Waals surface area contributed by atoms with Crippen LogP contribution in [0.3, 0.4) is 0 Å². The Morgan fingerprint density at radius 1 is 1.22 bits per heavy atom. The van der Waals surface area contributed by atoms with Gasteiger partial charge in [-0.25, -0.2) is 4.79 Å². The number of halogens is 3. The Bertz CT molecular complexity index is 609.